The number of hydrogen-bond acceptors (Lipinski definition) is 3. The molecule has 0 bridgehead atoms. The van der Waals surface area contributed by atoms with Crippen LogP contribution in [0.2, 0.25) is 0 Å². The zero-order valence-electron chi connectivity index (χ0n) is 11.0. The van der Waals surface area contributed by atoms with E-state index < -0.39 is 6.04 Å². The fraction of sp³-hybridized carbons (Fsp3) is 0.500. The van der Waals surface area contributed by atoms with Crippen LogP contribution in [-0.4, -0.2) is 18.6 Å². The van der Waals surface area contributed by atoms with Crippen LogP contribution in [-0.2, 0) is 16.0 Å². The van der Waals surface area contributed by atoms with Crippen molar-refractivity contribution in [2.75, 3.05) is 6.61 Å². The minimum Gasteiger partial charge on any atom is -0.465 e. The SMILES string of the molecule is CCOC(=O)C(N)Cc1cc(C)c(C)cc1C. The van der Waals surface area contributed by atoms with E-state index in [1.807, 2.05) is 6.92 Å². The fourth-order valence-corrected chi connectivity index (χ4v) is 1.81. The summed E-state index contributed by atoms with van der Waals surface area (Å²) in [6.07, 6.45) is 0.534. The average Bonchev–Trinajstić information content (AvgIpc) is 2.26. The fourth-order valence-electron chi connectivity index (χ4n) is 1.81. The Morgan fingerprint density at radius 1 is 1.24 bits per heavy atom. The summed E-state index contributed by atoms with van der Waals surface area (Å²) in [4.78, 5) is 11.5. The normalized spacial score (nSPS) is 12.3. The number of aryl methyl sites for hydroxylation is 3. The monoisotopic (exact) mass is 235 g/mol. The lowest BCUT2D eigenvalue weighted by Gasteiger charge is -2.14. The Hall–Kier alpha value is -1.35. The van der Waals surface area contributed by atoms with E-state index in [0.29, 0.717) is 13.0 Å². The highest BCUT2D eigenvalue weighted by Crippen LogP contribution is 2.16. The molecule has 0 fully saturated rings. The standard InChI is InChI=1S/C14H21NO2/c1-5-17-14(16)13(15)8-12-7-10(3)9(2)6-11(12)4/h6-7,13H,5,8,15H2,1-4H3. The number of carbonyl (C=O) groups excluding carboxylic acids is 1. The van der Waals surface area contributed by atoms with E-state index in [-0.39, 0.29) is 5.97 Å². The molecule has 2 N–H and O–H groups in total. The van der Waals surface area contributed by atoms with E-state index >= 15 is 0 Å². The van der Waals surface area contributed by atoms with Crippen LogP contribution in [0.5, 0.6) is 0 Å². The first-order valence-electron chi connectivity index (χ1n) is 5.94. The van der Waals surface area contributed by atoms with Crippen molar-refractivity contribution in [3.63, 3.8) is 0 Å². The van der Waals surface area contributed by atoms with Crippen LogP contribution in [0.1, 0.15) is 29.2 Å². The minimum absolute atomic E-state index is 0.329. The predicted molar refractivity (Wildman–Crippen MR) is 69.0 cm³/mol. The van der Waals surface area contributed by atoms with Gasteiger partial charge < -0.3 is 10.5 Å². The first-order chi connectivity index (χ1) is 7.95. The quantitative estimate of drug-likeness (QED) is 0.813. The maximum absolute atomic E-state index is 11.5. The Kier molecular flexibility index (Phi) is 4.70. The summed E-state index contributed by atoms with van der Waals surface area (Å²) in [5.74, 6) is -0.329. The zero-order valence-corrected chi connectivity index (χ0v) is 11.0. The maximum atomic E-state index is 11.5. The smallest absolute Gasteiger partial charge is 0.323 e. The molecule has 1 aromatic rings. The lowest BCUT2D eigenvalue weighted by atomic mass is 9.96. The Labute approximate surface area is 103 Å². The molecule has 0 aliphatic heterocycles. The molecule has 0 heterocycles. The largest absolute Gasteiger partial charge is 0.465 e. The summed E-state index contributed by atoms with van der Waals surface area (Å²) in [7, 11) is 0. The third-order valence-corrected chi connectivity index (χ3v) is 2.98. The summed E-state index contributed by atoms with van der Waals surface area (Å²) < 4.78 is 4.91. The molecule has 1 atom stereocenters. The topological polar surface area (TPSA) is 52.3 Å². The lowest BCUT2D eigenvalue weighted by molar-refractivity contribution is -0.144. The second kappa shape index (κ2) is 5.82. The van der Waals surface area contributed by atoms with Crippen molar-refractivity contribution in [1.29, 1.82) is 0 Å². The number of esters is 1. The van der Waals surface area contributed by atoms with Gasteiger partial charge in [0, 0.05) is 0 Å². The van der Waals surface area contributed by atoms with Crippen molar-refractivity contribution < 1.29 is 9.53 Å². The molecule has 0 aromatic heterocycles. The Balaban J connectivity index is 2.81. The van der Waals surface area contributed by atoms with E-state index in [9.17, 15) is 4.79 Å². The highest BCUT2D eigenvalue weighted by atomic mass is 16.5. The van der Waals surface area contributed by atoms with Crippen LogP contribution < -0.4 is 5.73 Å². The van der Waals surface area contributed by atoms with Gasteiger partial charge >= 0.3 is 5.97 Å². The van der Waals surface area contributed by atoms with Crippen molar-refractivity contribution in [2.24, 2.45) is 5.73 Å². The Morgan fingerprint density at radius 2 is 1.82 bits per heavy atom. The molecule has 0 saturated heterocycles. The summed E-state index contributed by atoms with van der Waals surface area (Å²) >= 11 is 0. The second-order valence-electron chi connectivity index (χ2n) is 4.43. The van der Waals surface area contributed by atoms with Gasteiger partial charge in [-0.3, -0.25) is 4.79 Å². The Bertz CT molecular complexity index is 413. The third-order valence-electron chi connectivity index (χ3n) is 2.98. The van der Waals surface area contributed by atoms with Crippen molar-refractivity contribution >= 4 is 5.97 Å². The van der Waals surface area contributed by atoms with Crippen molar-refractivity contribution in [3.05, 3.63) is 34.4 Å². The number of nitrogens with two attached hydrogens (primary N) is 1. The second-order valence-corrected chi connectivity index (χ2v) is 4.43. The highest BCUT2D eigenvalue weighted by molar-refractivity contribution is 5.76. The molecule has 94 valence electrons. The van der Waals surface area contributed by atoms with Crippen LogP contribution in [0.15, 0.2) is 12.1 Å². The number of carbonyl (C=O) groups is 1. The van der Waals surface area contributed by atoms with Gasteiger partial charge in [0.05, 0.1) is 6.61 Å². The zero-order chi connectivity index (χ0) is 13.0. The summed E-state index contributed by atoms with van der Waals surface area (Å²) in [6, 6.07) is 3.66. The molecule has 0 saturated carbocycles. The van der Waals surface area contributed by atoms with Crippen molar-refractivity contribution in [3.8, 4) is 0 Å². The summed E-state index contributed by atoms with van der Waals surface area (Å²) in [5.41, 5.74) is 10.6. The van der Waals surface area contributed by atoms with Crippen LogP contribution >= 0.6 is 0 Å². The highest BCUT2D eigenvalue weighted by Gasteiger charge is 2.16. The molecular formula is C14H21NO2. The molecule has 1 unspecified atom stereocenters. The van der Waals surface area contributed by atoms with Crippen LogP contribution in [0.25, 0.3) is 0 Å². The summed E-state index contributed by atoms with van der Waals surface area (Å²) in [6.45, 7) is 8.34. The van der Waals surface area contributed by atoms with Crippen molar-refractivity contribution in [1.82, 2.24) is 0 Å². The van der Waals surface area contributed by atoms with Gasteiger partial charge in [-0.15, -0.1) is 0 Å². The maximum Gasteiger partial charge on any atom is 0.323 e. The van der Waals surface area contributed by atoms with Gasteiger partial charge in [0.1, 0.15) is 6.04 Å². The van der Waals surface area contributed by atoms with Gasteiger partial charge in [-0.05, 0) is 56.4 Å². The van der Waals surface area contributed by atoms with Crippen LogP contribution in [0, 0.1) is 20.8 Å². The summed E-state index contributed by atoms with van der Waals surface area (Å²) in [5, 5.41) is 0. The molecule has 3 heteroatoms. The first-order valence-corrected chi connectivity index (χ1v) is 5.94. The van der Waals surface area contributed by atoms with Gasteiger partial charge in [-0.2, -0.15) is 0 Å². The number of rotatable bonds is 4. The molecular weight excluding hydrogens is 214 g/mol. The van der Waals surface area contributed by atoms with Gasteiger partial charge in [0.25, 0.3) is 0 Å². The Morgan fingerprint density at radius 3 is 2.41 bits per heavy atom. The van der Waals surface area contributed by atoms with Gasteiger partial charge in [-0.25, -0.2) is 0 Å². The van der Waals surface area contributed by atoms with Crippen molar-refractivity contribution in [2.45, 2.75) is 40.2 Å². The third kappa shape index (κ3) is 3.56. The van der Waals surface area contributed by atoms with Gasteiger partial charge in [0.2, 0.25) is 0 Å². The molecule has 0 aliphatic rings. The number of benzene rings is 1. The molecule has 3 nitrogen and oxygen atoms in total. The molecule has 1 aromatic carbocycles. The van der Waals surface area contributed by atoms with E-state index in [0.717, 1.165) is 5.56 Å². The van der Waals surface area contributed by atoms with E-state index in [4.69, 9.17) is 10.5 Å². The van der Waals surface area contributed by atoms with E-state index in [1.54, 1.807) is 6.92 Å². The molecule has 0 spiro atoms. The van der Waals surface area contributed by atoms with E-state index in [1.165, 1.54) is 16.7 Å². The molecule has 0 radical (unpaired) electrons. The average molecular weight is 235 g/mol. The van der Waals surface area contributed by atoms with Gasteiger partial charge in [0.15, 0.2) is 0 Å². The minimum atomic E-state index is -0.573. The van der Waals surface area contributed by atoms with Gasteiger partial charge in [-0.1, -0.05) is 12.1 Å². The van der Waals surface area contributed by atoms with E-state index in [2.05, 4.69) is 26.0 Å². The molecule has 17 heavy (non-hydrogen) atoms. The number of hydrogen-bond donors (Lipinski definition) is 1. The molecule has 0 amide bonds. The van der Waals surface area contributed by atoms with Crippen LogP contribution in [0.4, 0.5) is 0 Å². The predicted octanol–water partition coefficient (Wildman–Crippen LogP) is 2.04. The lowest BCUT2D eigenvalue weighted by Crippen LogP contribution is -2.34. The molecule has 1 rings (SSSR count). The first kappa shape index (κ1) is 13.7. The number of ether oxygens (including phenoxy) is 1. The van der Waals surface area contributed by atoms with Crippen LogP contribution in [0.3, 0.4) is 0 Å². The molecule has 0 aliphatic carbocycles.